The Morgan fingerprint density at radius 1 is 1.06 bits per heavy atom. The number of ether oxygens (including phenoxy) is 3. The summed E-state index contributed by atoms with van der Waals surface area (Å²) in [7, 11) is 2.49. The quantitative estimate of drug-likeness (QED) is 0.272. The van der Waals surface area contributed by atoms with Crippen LogP contribution >= 0.6 is 0 Å². The maximum absolute atomic E-state index is 5.61. The van der Waals surface area contributed by atoms with Gasteiger partial charge in [0.05, 0.1) is 6.61 Å². The average Bonchev–Trinajstić information content (AvgIpc) is 2.32. The molecular formula is C9H24N2O4Si. The lowest BCUT2D eigenvalue weighted by molar-refractivity contribution is -0.242. The Morgan fingerprint density at radius 3 is 2.25 bits per heavy atom. The number of nitrogens with two attached hydrogens (primary N) is 2. The first kappa shape index (κ1) is 16.0. The van der Waals surface area contributed by atoms with Crippen LogP contribution in [-0.4, -0.2) is 56.3 Å². The van der Waals surface area contributed by atoms with E-state index in [1.54, 1.807) is 14.2 Å². The van der Waals surface area contributed by atoms with Crippen LogP contribution in [0.4, 0.5) is 0 Å². The molecule has 4 N–H and O–H groups in total. The summed E-state index contributed by atoms with van der Waals surface area (Å²) in [6.45, 7) is 1.57. The van der Waals surface area contributed by atoms with E-state index in [2.05, 4.69) is 0 Å². The summed E-state index contributed by atoms with van der Waals surface area (Å²) >= 11 is 0. The zero-order valence-electron chi connectivity index (χ0n) is 10.2. The summed E-state index contributed by atoms with van der Waals surface area (Å²) in [6.07, 6.45) is 0.00385. The van der Waals surface area contributed by atoms with E-state index in [0.29, 0.717) is 19.7 Å². The second-order valence-electron chi connectivity index (χ2n) is 3.23. The van der Waals surface area contributed by atoms with Crippen LogP contribution in [0.5, 0.6) is 0 Å². The number of rotatable bonds is 11. The SMILES string of the molecule is COC(OCCN)C(OC)O[SiH2]CCCN. The van der Waals surface area contributed by atoms with Gasteiger partial charge in [0.25, 0.3) is 0 Å². The maximum atomic E-state index is 5.61. The van der Waals surface area contributed by atoms with Gasteiger partial charge in [0, 0.05) is 20.8 Å². The molecule has 0 aliphatic carbocycles. The predicted octanol–water partition coefficient (Wildman–Crippen LogP) is -1.23. The fourth-order valence-corrected chi connectivity index (χ4v) is 2.33. The van der Waals surface area contributed by atoms with Crippen LogP contribution in [0, 0.1) is 0 Å². The van der Waals surface area contributed by atoms with Crippen LogP contribution in [-0.2, 0) is 18.6 Å². The molecule has 0 bridgehead atoms. The molecule has 0 aromatic rings. The van der Waals surface area contributed by atoms with E-state index in [4.69, 9.17) is 30.1 Å². The summed E-state index contributed by atoms with van der Waals surface area (Å²) in [5, 5.41) is 0. The van der Waals surface area contributed by atoms with Crippen molar-refractivity contribution in [1.29, 1.82) is 0 Å². The van der Waals surface area contributed by atoms with Crippen LogP contribution in [0.2, 0.25) is 6.04 Å². The molecule has 2 atom stereocenters. The number of hydrogen-bond donors (Lipinski definition) is 2. The first-order valence-corrected chi connectivity index (χ1v) is 7.06. The zero-order valence-corrected chi connectivity index (χ0v) is 11.6. The monoisotopic (exact) mass is 252 g/mol. The van der Waals surface area contributed by atoms with Gasteiger partial charge < -0.3 is 30.1 Å². The highest BCUT2D eigenvalue weighted by molar-refractivity contribution is 6.27. The normalized spacial score (nSPS) is 15.8. The fourth-order valence-electron chi connectivity index (χ4n) is 1.15. The van der Waals surface area contributed by atoms with Gasteiger partial charge in [0.1, 0.15) is 0 Å². The van der Waals surface area contributed by atoms with Gasteiger partial charge in [-0.25, -0.2) is 0 Å². The third-order valence-electron chi connectivity index (χ3n) is 1.97. The Balaban J connectivity index is 3.81. The second kappa shape index (κ2) is 11.5. The maximum Gasteiger partial charge on any atom is 0.208 e. The summed E-state index contributed by atoms with van der Waals surface area (Å²) in [4.78, 5) is 0. The highest BCUT2D eigenvalue weighted by Gasteiger charge is 2.21. The minimum atomic E-state index is -0.630. The Morgan fingerprint density at radius 2 is 1.75 bits per heavy atom. The highest BCUT2D eigenvalue weighted by Crippen LogP contribution is 2.06. The van der Waals surface area contributed by atoms with E-state index in [9.17, 15) is 0 Å². The van der Waals surface area contributed by atoms with Gasteiger partial charge in [0.2, 0.25) is 6.29 Å². The molecule has 0 spiro atoms. The largest absolute Gasteiger partial charge is 0.396 e. The van der Waals surface area contributed by atoms with Crippen molar-refractivity contribution in [3.8, 4) is 0 Å². The van der Waals surface area contributed by atoms with Crippen molar-refractivity contribution in [2.45, 2.75) is 25.0 Å². The van der Waals surface area contributed by atoms with Crippen molar-refractivity contribution >= 4 is 9.76 Å². The molecule has 7 heteroatoms. The molecule has 6 nitrogen and oxygen atoms in total. The lowest BCUT2D eigenvalue weighted by atomic mass is 10.5. The van der Waals surface area contributed by atoms with E-state index in [1.165, 1.54) is 0 Å². The van der Waals surface area contributed by atoms with Crippen LogP contribution in [0.15, 0.2) is 0 Å². The molecule has 16 heavy (non-hydrogen) atoms. The first-order chi connectivity index (χ1) is 7.79. The van der Waals surface area contributed by atoms with Gasteiger partial charge in [0.15, 0.2) is 16.1 Å². The van der Waals surface area contributed by atoms with E-state index in [-0.39, 0.29) is 0 Å². The minimum Gasteiger partial charge on any atom is -0.396 e. The summed E-state index contributed by atoms with van der Waals surface area (Å²) in [5.41, 5.74) is 10.7. The van der Waals surface area contributed by atoms with Gasteiger partial charge in [-0.2, -0.15) is 0 Å². The molecule has 0 saturated carbocycles. The molecule has 0 rings (SSSR count). The van der Waals surface area contributed by atoms with E-state index in [1.807, 2.05) is 0 Å². The van der Waals surface area contributed by atoms with Crippen LogP contribution in [0.25, 0.3) is 0 Å². The molecule has 0 saturated heterocycles. The molecule has 0 amide bonds. The van der Waals surface area contributed by atoms with Crippen LogP contribution in [0.3, 0.4) is 0 Å². The van der Waals surface area contributed by atoms with Gasteiger partial charge >= 0.3 is 0 Å². The highest BCUT2D eigenvalue weighted by atomic mass is 28.2. The molecular weight excluding hydrogens is 228 g/mol. The van der Waals surface area contributed by atoms with E-state index >= 15 is 0 Å². The second-order valence-corrected chi connectivity index (χ2v) is 4.68. The average molecular weight is 252 g/mol. The molecule has 0 aromatic heterocycles. The third kappa shape index (κ3) is 7.28. The predicted molar refractivity (Wildman–Crippen MR) is 64.7 cm³/mol. The molecule has 98 valence electrons. The zero-order chi connectivity index (χ0) is 12.2. The number of methoxy groups -OCH3 is 2. The summed E-state index contributed by atoms with van der Waals surface area (Å²) in [6, 6.07) is 1.03. The molecule has 0 heterocycles. The Kier molecular flexibility index (Phi) is 11.4. The molecule has 0 radical (unpaired) electrons. The van der Waals surface area contributed by atoms with Crippen molar-refractivity contribution in [3.05, 3.63) is 0 Å². The van der Waals surface area contributed by atoms with Gasteiger partial charge in [-0.1, -0.05) is 0 Å². The van der Waals surface area contributed by atoms with Crippen molar-refractivity contribution in [3.63, 3.8) is 0 Å². The molecule has 0 fully saturated rings. The molecule has 2 unspecified atom stereocenters. The smallest absolute Gasteiger partial charge is 0.208 e. The molecule has 0 aliphatic heterocycles. The Labute approximate surface area is 99.5 Å². The summed E-state index contributed by atoms with van der Waals surface area (Å²) < 4.78 is 21.3. The van der Waals surface area contributed by atoms with Gasteiger partial charge in [-0.3, -0.25) is 0 Å². The Hall–Kier alpha value is -0.0231. The van der Waals surface area contributed by atoms with Gasteiger partial charge in [-0.05, 0) is 19.0 Å². The summed E-state index contributed by atoms with van der Waals surface area (Å²) in [5.74, 6) is 0. The topological polar surface area (TPSA) is 89.0 Å². The van der Waals surface area contributed by atoms with Crippen molar-refractivity contribution in [2.24, 2.45) is 11.5 Å². The standard InChI is InChI=1S/C9H24N2O4Si/c1-12-8(14-6-5-11)9(13-2)15-16-7-3-4-10/h8-9H,3-7,10-11,16H2,1-2H3. The van der Waals surface area contributed by atoms with E-state index < -0.39 is 22.3 Å². The van der Waals surface area contributed by atoms with Crippen molar-refractivity contribution in [1.82, 2.24) is 0 Å². The number of hydrogen-bond acceptors (Lipinski definition) is 6. The third-order valence-corrected chi connectivity index (χ3v) is 3.32. The van der Waals surface area contributed by atoms with E-state index in [0.717, 1.165) is 12.5 Å². The molecule has 0 aliphatic rings. The van der Waals surface area contributed by atoms with Crippen molar-refractivity contribution < 1.29 is 18.6 Å². The van der Waals surface area contributed by atoms with Crippen LogP contribution in [0.1, 0.15) is 6.42 Å². The van der Waals surface area contributed by atoms with Gasteiger partial charge in [-0.15, -0.1) is 0 Å². The minimum absolute atomic E-state index is 0.423. The lowest BCUT2D eigenvalue weighted by Crippen LogP contribution is -2.37. The Bertz CT molecular complexity index is 153. The van der Waals surface area contributed by atoms with Crippen molar-refractivity contribution in [2.75, 3.05) is 33.9 Å². The lowest BCUT2D eigenvalue weighted by Gasteiger charge is -2.25. The molecule has 0 aromatic carbocycles. The van der Waals surface area contributed by atoms with Crippen LogP contribution < -0.4 is 11.5 Å². The first-order valence-electron chi connectivity index (χ1n) is 5.49. The fraction of sp³-hybridized carbons (Fsp3) is 1.00.